The number of rotatable bonds is 2. The van der Waals surface area contributed by atoms with E-state index in [1.165, 1.54) is 12.7 Å². The SMILES string of the molecule is N#Cc1nncn1-c1ncnc2sc(-c3ccccc3)cc12. The summed E-state index contributed by atoms with van der Waals surface area (Å²) in [5, 5.41) is 17.5. The van der Waals surface area contributed by atoms with Crippen molar-refractivity contribution in [3.8, 4) is 22.3 Å². The summed E-state index contributed by atoms with van der Waals surface area (Å²) >= 11 is 1.59. The zero-order valence-corrected chi connectivity index (χ0v) is 12.0. The second kappa shape index (κ2) is 5.02. The van der Waals surface area contributed by atoms with Crippen molar-refractivity contribution in [3.63, 3.8) is 0 Å². The monoisotopic (exact) mass is 304 g/mol. The summed E-state index contributed by atoms with van der Waals surface area (Å²) in [6.07, 6.45) is 2.98. The van der Waals surface area contributed by atoms with Crippen LogP contribution >= 0.6 is 11.3 Å². The first-order valence-corrected chi connectivity index (χ1v) is 7.29. The van der Waals surface area contributed by atoms with Gasteiger partial charge in [-0.3, -0.25) is 4.57 Å². The van der Waals surface area contributed by atoms with Gasteiger partial charge in [-0.05, 0) is 11.6 Å². The van der Waals surface area contributed by atoms with Crippen LogP contribution in [0.15, 0.2) is 49.1 Å². The number of hydrogen-bond donors (Lipinski definition) is 0. The molecule has 0 saturated carbocycles. The minimum absolute atomic E-state index is 0.201. The second-order valence-corrected chi connectivity index (χ2v) is 5.56. The van der Waals surface area contributed by atoms with E-state index in [1.54, 1.807) is 15.9 Å². The third-order valence-electron chi connectivity index (χ3n) is 3.24. The fraction of sp³-hybridized carbons (Fsp3) is 0. The van der Waals surface area contributed by atoms with Gasteiger partial charge in [-0.25, -0.2) is 9.97 Å². The van der Waals surface area contributed by atoms with E-state index in [0.717, 1.165) is 20.7 Å². The van der Waals surface area contributed by atoms with Crippen molar-refractivity contribution in [2.45, 2.75) is 0 Å². The van der Waals surface area contributed by atoms with Crippen LogP contribution in [-0.4, -0.2) is 24.7 Å². The van der Waals surface area contributed by atoms with Crippen LogP contribution < -0.4 is 0 Å². The van der Waals surface area contributed by atoms with Crippen LogP contribution in [0.4, 0.5) is 0 Å². The normalized spacial score (nSPS) is 10.7. The Balaban J connectivity index is 1.95. The number of benzene rings is 1. The van der Waals surface area contributed by atoms with Crippen LogP contribution in [0, 0.1) is 11.3 Å². The number of nitrogens with zero attached hydrogens (tertiary/aromatic N) is 6. The lowest BCUT2D eigenvalue weighted by Crippen LogP contribution is -2.00. The number of thiophene rings is 1. The van der Waals surface area contributed by atoms with E-state index in [9.17, 15) is 0 Å². The van der Waals surface area contributed by atoms with Crippen molar-refractivity contribution in [3.05, 3.63) is 54.9 Å². The molecule has 0 amide bonds. The molecule has 0 unspecified atom stereocenters. The highest BCUT2D eigenvalue weighted by Crippen LogP contribution is 2.34. The topological polar surface area (TPSA) is 80.3 Å². The maximum absolute atomic E-state index is 9.11. The summed E-state index contributed by atoms with van der Waals surface area (Å²) in [6, 6.07) is 14.1. The molecule has 3 heterocycles. The average Bonchev–Trinajstić information content (AvgIpc) is 3.21. The van der Waals surface area contributed by atoms with Gasteiger partial charge in [-0.1, -0.05) is 30.3 Å². The molecule has 4 rings (SSSR count). The molecule has 104 valence electrons. The Morgan fingerprint density at radius 2 is 2.00 bits per heavy atom. The van der Waals surface area contributed by atoms with Gasteiger partial charge in [-0.15, -0.1) is 21.5 Å². The summed E-state index contributed by atoms with van der Waals surface area (Å²) in [5.74, 6) is 0.817. The quantitative estimate of drug-likeness (QED) is 0.569. The minimum Gasteiger partial charge on any atom is -0.256 e. The van der Waals surface area contributed by atoms with Gasteiger partial charge in [0.05, 0.1) is 5.39 Å². The Labute approximate surface area is 129 Å². The summed E-state index contributed by atoms with van der Waals surface area (Å²) in [4.78, 5) is 10.6. The molecule has 0 N–H and O–H groups in total. The maximum Gasteiger partial charge on any atom is 0.240 e. The van der Waals surface area contributed by atoms with Gasteiger partial charge in [0.1, 0.15) is 23.6 Å². The third kappa shape index (κ3) is 1.94. The molecule has 0 atom stereocenters. The number of nitriles is 1. The van der Waals surface area contributed by atoms with Crippen molar-refractivity contribution in [1.82, 2.24) is 24.7 Å². The molecule has 0 saturated heterocycles. The largest absolute Gasteiger partial charge is 0.256 e. The molecule has 0 fully saturated rings. The van der Waals surface area contributed by atoms with E-state index in [0.29, 0.717) is 5.82 Å². The molecule has 0 radical (unpaired) electrons. The Hall–Kier alpha value is -3.11. The molecule has 0 aliphatic carbocycles. The van der Waals surface area contributed by atoms with Gasteiger partial charge in [0.15, 0.2) is 5.82 Å². The van der Waals surface area contributed by atoms with Gasteiger partial charge in [0.2, 0.25) is 5.82 Å². The molecule has 0 spiro atoms. The first kappa shape index (κ1) is 12.6. The first-order valence-electron chi connectivity index (χ1n) is 6.47. The number of fused-ring (bicyclic) bond motifs is 1. The third-order valence-corrected chi connectivity index (χ3v) is 4.33. The summed E-state index contributed by atoms with van der Waals surface area (Å²) in [7, 11) is 0. The first-order chi connectivity index (χ1) is 10.9. The Morgan fingerprint density at radius 1 is 1.14 bits per heavy atom. The van der Waals surface area contributed by atoms with Gasteiger partial charge < -0.3 is 0 Å². The zero-order chi connectivity index (χ0) is 14.9. The van der Waals surface area contributed by atoms with E-state index in [-0.39, 0.29) is 5.82 Å². The summed E-state index contributed by atoms with van der Waals surface area (Å²) < 4.78 is 1.57. The van der Waals surface area contributed by atoms with Crippen molar-refractivity contribution in [2.24, 2.45) is 0 Å². The second-order valence-electron chi connectivity index (χ2n) is 4.53. The average molecular weight is 304 g/mol. The van der Waals surface area contributed by atoms with E-state index in [2.05, 4.69) is 32.3 Å². The lowest BCUT2D eigenvalue weighted by atomic mass is 10.2. The highest BCUT2D eigenvalue weighted by atomic mass is 32.1. The van der Waals surface area contributed by atoms with Crippen molar-refractivity contribution in [2.75, 3.05) is 0 Å². The van der Waals surface area contributed by atoms with Gasteiger partial charge in [-0.2, -0.15) is 5.26 Å². The standard InChI is InChI=1S/C15H8N6S/c16-7-13-20-19-9-21(13)14-11-6-12(10-4-2-1-3-5-10)22-15(11)18-8-17-14/h1-6,8-9H. The Morgan fingerprint density at radius 3 is 2.82 bits per heavy atom. The zero-order valence-electron chi connectivity index (χ0n) is 11.2. The van der Waals surface area contributed by atoms with Crippen molar-refractivity contribution >= 4 is 21.6 Å². The highest BCUT2D eigenvalue weighted by molar-refractivity contribution is 7.21. The molecule has 22 heavy (non-hydrogen) atoms. The Bertz CT molecular complexity index is 996. The maximum atomic E-state index is 9.11. The van der Waals surface area contributed by atoms with Gasteiger partial charge >= 0.3 is 0 Å². The van der Waals surface area contributed by atoms with Crippen molar-refractivity contribution < 1.29 is 0 Å². The van der Waals surface area contributed by atoms with Crippen LogP contribution in [0.3, 0.4) is 0 Å². The molecule has 1 aromatic carbocycles. The van der Waals surface area contributed by atoms with E-state index < -0.39 is 0 Å². The van der Waals surface area contributed by atoms with Gasteiger partial charge in [0.25, 0.3) is 0 Å². The molecule has 0 aliphatic heterocycles. The fourth-order valence-electron chi connectivity index (χ4n) is 2.25. The van der Waals surface area contributed by atoms with Crippen molar-refractivity contribution in [1.29, 1.82) is 5.26 Å². The predicted molar refractivity (Wildman–Crippen MR) is 82.5 cm³/mol. The predicted octanol–water partition coefficient (Wildman–Crippen LogP) is 2.81. The van der Waals surface area contributed by atoms with E-state index in [1.807, 2.05) is 30.3 Å². The molecule has 4 aromatic rings. The summed E-state index contributed by atoms with van der Waals surface area (Å²) in [5.41, 5.74) is 1.13. The van der Waals surface area contributed by atoms with E-state index in [4.69, 9.17) is 5.26 Å². The molecule has 3 aromatic heterocycles. The van der Waals surface area contributed by atoms with Crippen LogP contribution in [0.2, 0.25) is 0 Å². The van der Waals surface area contributed by atoms with Crippen LogP contribution in [0.25, 0.3) is 26.5 Å². The van der Waals surface area contributed by atoms with Crippen LogP contribution in [-0.2, 0) is 0 Å². The molecular weight excluding hydrogens is 296 g/mol. The summed E-state index contributed by atoms with van der Waals surface area (Å²) in [6.45, 7) is 0. The lowest BCUT2D eigenvalue weighted by molar-refractivity contribution is 0.970. The molecule has 7 heteroatoms. The molecule has 6 nitrogen and oxygen atoms in total. The number of hydrogen-bond acceptors (Lipinski definition) is 6. The Kier molecular flexibility index (Phi) is 2.88. The number of aromatic nitrogens is 5. The van der Waals surface area contributed by atoms with Crippen LogP contribution in [0.5, 0.6) is 0 Å². The molecule has 0 bridgehead atoms. The fourth-order valence-corrected chi connectivity index (χ4v) is 3.24. The lowest BCUT2D eigenvalue weighted by Gasteiger charge is -2.01. The molecular formula is C15H8N6S. The van der Waals surface area contributed by atoms with E-state index >= 15 is 0 Å². The van der Waals surface area contributed by atoms with Gasteiger partial charge in [0, 0.05) is 4.88 Å². The highest BCUT2D eigenvalue weighted by Gasteiger charge is 2.14. The molecule has 0 aliphatic rings. The smallest absolute Gasteiger partial charge is 0.240 e. The minimum atomic E-state index is 0.201. The van der Waals surface area contributed by atoms with Crippen LogP contribution in [0.1, 0.15) is 5.82 Å².